The molecule has 0 radical (unpaired) electrons. The van der Waals surface area contributed by atoms with Crippen LogP contribution in [0.25, 0.3) is 0 Å². The van der Waals surface area contributed by atoms with Crippen molar-refractivity contribution in [2.45, 2.75) is 13.0 Å². The molecular weight excluding hydrogens is 238 g/mol. The van der Waals surface area contributed by atoms with Crippen molar-refractivity contribution >= 4 is 23.2 Å². The summed E-state index contributed by atoms with van der Waals surface area (Å²) in [5.41, 5.74) is 6.04. The zero-order chi connectivity index (χ0) is 11.4. The molecule has 0 bridgehead atoms. The molecule has 15 heavy (non-hydrogen) atoms. The van der Waals surface area contributed by atoms with Crippen LogP contribution in [0, 0.1) is 5.82 Å². The van der Waals surface area contributed by atoms with Gasteiger partial charge in [0.25, 0.3) is 0 Å². The Hall–Kier alpha value is -0.350. The Morgan fingerprint density at radius 1 is 1.40 bits per heavy atom. The van der Waals surface area contributed by atoms with E-state index < -0.39 is 5.82 Å². The molecule has 0 spiro atoms. The molecule has 1 rings (SSSR count). The summed E-state index contributed by atoms with van der Waals surface area (Å²) >= 11 is 11.5. The Balaban J connectivity index is 2.88. The summed E-state index contributed by atoms with van der Waals surface area (Å²) in [6.07, 6.45) is 0. The molecular formula is C10H13Cl2FN2. The molecule has 84 valence electrons. The standard InChI is InChI=1S/C10H13Cl2FN2/c1-6(15-3-2-14)7-4-10(13)9(12)5-8(7)11/h4-6,15H,2-3,14H2,1H3. The Labute approximate surface area is 98.6 Å². The zero-order valence-electron chi connectivity index (χ0n) is 8.36. The molecule has 0 aliphatic carbocycles. The first-order chi connectivity index (χ1) is 7.06. The lowest BCUT2D eigenvalue weighted by atomic mass is 10.1. The van der Waals surface area contributed by atoms with E-state index in [0.29, 0.717) is 23.7 Å². The normalized spacial score (nSPS) is 12.9. The van der Waals surface area contributed by atoms with Crippen LogP contribution < -0.4 is 11.1 Å². The largest absolute Gasteiger partial charge is 0.329 e. The molecule has 0 saturated carbocycles. The molecule has 2 nitrogen and oxygen atoms in total. The number of hydrogen-bond acceptors (Lipinski definition) is 2. The molecule has 1 unspecified atom stereocenters. The van der Waals surface area contributed by atoms with Crippen molar-refractivity contribution in [2.75, 3.05) is 13.1 Å². The van der Waals surface area contributed by atoms with Gasteiger partial charge in [0.1, 0.15) is 5.82 Å². The fourth-order valence-corrected chi connectivity index (χ4v) is 1.83. The van der Waals surface area contributed by atoms with Gasteiger partial charge in [0, 0.05) is 24.2 Å². The molecule has 3 N–H and O–H groups in total. The first-order valence-corrected chi connectivity index (χ1v) is 5.39. The van der Waals surface area contributed by atoms with Crippen LogP contribution in [0.2, 0.25) is 10.0 Å². The summed E-state index contributed by atoms with van der Waals surface area (Å²) in [5, 5.41) is 3.61. The zero-order valence-corrected chi connectivity index (χ0v) is 9.87. The predicted octanol–water partition coefficient (Wildman–Crippen LogP) is 2.74. The minimum absolute atomic E-state index is 0.0368. The Morgan fingerprint density at radius 3 is 2.67 bits per heavy atom. The molecule has 0 aliphatic heterocycles. The van der Waals surface area contributed by atoms with E-state index in [2.05, 4.69) is 5.32 Å². The second-order valence-corrected chi connectivity index (χ2v) is 4.07. The van der Waals surface area contributed by atoms with Crippen molar-refractivity contribution in [3.8, 4) is 0 Å². The molecule has 0 amide bonds. The third-order valence-corrected chi connectivity index (χ3v) is 2.72. The molecule has 0 heterocycles. The van der Waals surface area contributed by atoms with Gasteiger partial charge in [-0.25, -0.2) is 4.39 Å². The van der Waals surface area contributed by atoms with E-state index in [0.717, 1.165) is 0 Å². The van der Waals surface area contributed by atoms with Gasteiger partial charge >= 0.3 is 0 Å². The highest BCUT2D eigenvalue weighted by Gasteiger charge is 2.12. The van der Waals surface area contributed by atoms with E-state index in [9.17, 15) is 4.39 Å². The van der Waals surface area contributed by atoms with Gasteiger partial charge in [-0.05, 0) is 24.6 Å². The van der Waals surface area contributed by atoms with E-state index in [1.54, 1.807) is 0 Å². The third-order valence-electron chi connectivity index (χ3n) is 2.10. The average molecular weight is 251 g/mol. The Bertz CT molecular complexity index is 344. The molecule has 1 aromatic carbocycles. The number of nitrogens with one attached hydrogen (secondary N) is 1. The van der Waals surface area contributed by atoms with Crippen LogP contribution in [0.1, 0.15) is 18.5 Å². The van der Waals surface area contributed by atoms with Crippen LogP contribution in [0.15, 0.2) is 12.1 Å². The molecule has 1 atom stereocenters. The predicted molar refractivity (Wildman–Crippen MR) is 61.9 cm³/mol. The first kappa shape index (κ1) is 12.7. The molecule has 0 fully saturated rings. The highest BCUT2D eigenvalue weighted by molar-refractivity contribution is 6.35. The highest BCUT2D eigenvalue weighted by atomic mass is 35.5. The van der Waals surface area contributed by atoms with Crippen molar-refractivity contribution < 1.29 is 4.39 Å². The van der Waals surface area contributed by atoms with Crippen molar-refractivity contribution in [3.63, 3.8) is 0 Å². The summed E-state index contributed by atoms with van der Waals surface area (Å²) in [6.45, 7) is 3.07. The Morgan fingerprint density at radius 2 is 2.07 bits per heavy atom. The quantitative estimate of drug-likeness (QED) is 0.807. The lowest BCUT2D eigenvalue weighted by Crippen LogP contribution is -2.25. The van der Waals surface area contributed by atoms with E-state index in [4.69, 9.17) is 28.9 Å². The highest BCUT2D eigenvalue weighted by Crippen LogP contribution is 2.28. The van der Waals surface area contributed by atoms with Crippen molar-refractivity contribution in [1.29, 1.82) is 0 Å². The number of benzene rings is 1. The summed E-state index contributed by atoms with van der Waals surface area (Å²) in [6, 6.07) is 2.71. The summed E-state index contributed by atoms with van der Waals surface area (Å²) in [5.74, 6) is -0.461. The number of hydrogen-bond donors (Lipinski definition) is 2. The topological polar surface area (TPSA) is 38.0 Å². The van der Waals surface area contributed by atoms with E-state index in [1.807, 2.05) is 6.92 Å². The molecule has 0 aliphatic rings. The van der Waals surface area contributed by atoms with Crippen molar-refractivity contribution in [2.24, 2.45) is 5.73 Å². The molecule has 5 heteroatoms. The van der Waals surface area contributed by atoms with Gasteiger partial charge in [0.15, 0.2) is 0 Å². The van der Waals surface area contributed by atoms with Crippen LogP contribution in [0.5, 0.6) is 0 Å². The second kappa shape index (κ2) is 5.66. The fraction of sp³-hybridized carbons (Fsp3) is 0.400. The smallest absolute Gasteiger partial charge is 0.142 e. The van der Waals surface area contributed by atoms with Crippen molar-refractivity contribution in [1.82, 2.24) is 5.32 Å². The average Bonchev–Trinajstić information content (AvgIpc) is 2.20. The summed E-state index contributed by atoms with van der Waals surface area (Å²) in [4.78, 5) is 0. The van der Waals surface area contributed by atoms with Crippen LogP contribution in [0.4, 0.5) is 4.39 Å². The van der Waals surface area contributed by atoms with Crippen LogP contribution >= 0.6 is 23.2 Å². The van der Waals surface area contributed by atoms with Gasteiger partial charge < -0.3 is 11.1 Å². The minimum Gasteiger partial charge on any atom is -0.329 e. The van der Waals surface area contributed by atoms with Crippen LogP contribution in [0.3, 0.4) is 0 Å². The maximum Gasteiger partial charge on any atom is 0.142 e. The van der Waals surface area contributed by atoms with Gasteiger partial charge in [-0.1, -0.05) is 23.2 Å². The van der Waals surface area contributed by atoms with Gasteiger partial charge in [-0.2, -0.15) is 0 Å². The number of nitrogens with two attached hydrogens (primary N) is 1. The van der Waals surface area contributed by atoms with Gasteiger partial charge in [-0.15, -0.1) is 0 Å². The van der Waals surface area contributed by atoms with Crippen LogP contribution in [-0.4, -0.2) is 13.1 Å². The summed E-state index contributed by atoms with van der Waals surface area (Å²) in [7, 11) is 0. The van der Waals surface area contributed by atoms with E-state index in [1.165, 1.54) is 12.1 Å². The lowest BCUT2D eigenvalue weighted by Gasteiger charge is -2.15. The maximum atomic E-state index is 13.2. The molecule has 0 saturated heterocycles. The number of halogens is 3. The van der Waals surface area contributed by atoms with Gasteiger partial charge in [0.2, 0.25) is 0 Å². The summed E-state index contributed by atoms with van der Waals surface area (Å²) < 4.78 is 13.2. The monoisotopic (exact) mass is 250 g/mol. The molecule has 0 aromatic heterocycles. The molecule has 1 aromatic rings. The minimum atomic E-state index is -0.461. The first-order valence-electron chi connectivity index (χ1n) is 4.64. The second-order valence-electron chi connectivity index (χ2n) is 3.25. The Kier molecular flexibility index (Phi) is 4.80. The lowest BCUT2D eigenvalue weighted by molar-refractivity contribution is 0.572. The van der Waals surface area contributed by atoms with E-state index in [-0.39, 0.29) is 11.1 Å². The van der Waals surface area contributed by atoms with Crippen LogP contribution in [-0.2, 0) is 0 Å². The number of rotatable bonds is 4. The SMILES string of the molecule is CC(NCCN)c1cc(F)c(Cl)cc1Cl. The van der Waals surface area contributed by atoms with Gasteiger partial charge in [0.05, 0.1) is 5.02 Å². The van der Waals surface area contributed by atoms with E-state index >= 15 is 0 Å². The maximum absolute atomic E-state index is 13.2. The fourth-order valence-electron chi connectivity index (χ4n) is 1.28. The van der Waals surface area contributed by atoms with Crippen molar-refractivity contribution in [3.05, 3.63) is 33.6 Å². The van der Waals surface area contributed by atoms with Gasteiger partial charge in [-0.3, -0.25) is 0 Å². The third kappa shape index (κ3) is 3.31.